The van der Waals surface area contributed by atoms with E-state index in [4.69, 9.17) is 10.8 Å². The molecular weight excluding hydrogens is 210 g/mol. The average Bonchev–Trinajstić information content (AvgIpc) is 2.14. The van der Waals surface area contributed by atoms with Gasteiger partial charge in [0.15, 0.2) is 0 Å². The summed E-state index contributed by atoms with van der Waals surface area (Å²) >= 11 is 0. The molecule has 0 aromatic carbocycles. The summed E-state index contributed by atoms with van der Waals surface area (Å²) in [5, 5.41) is 12.6. The van der Waals surface area contributed by atoms with Crippen molar-refractivity contribution in [2.24, 2.45) is 16.3 Å². The number of carbonyl (C=O) groups excluding carboxylic acids is 1. The van der Waals surface area contributed by atoms with E-state index in [1.807, 2.05) is 0 Å². The molecule has 0 aromatic heterocycles. The number of aliphatic carboxylic acids is 1. The van der Waals surface area contributed by atoms with Crippen LogP contribution < -0.4 is 11.2 Å². The summed E-state index contributed by atoms with van der Waals surface area (Å²) in [5.74, 6) is -0.808. The van der Waals surface area contributed by atoms with Crippen LogP contribution in [0.1, 0.15) is 40.0 Å². The van der Waals surface area contributed by atoms with E-state index in [-0.39, 0.29) is 0 Å². The van der Waals surface area contributed by atoms with Crippen LogP contribution in [0.25, 0.3) is 0 Å². The number of urea groups is 1. The second-order valence-electron chi connectivity index (χ2n) is 4.37. The van der Waals surface area contributed by atoms with E-state index in [1.54, 1.807) is 20.8 Å². The highest BCUT2D eigenvalue weighted by Gasteiger charge is 2.26. The molecule has 4 N–H and O–H groups in total. The van der Waals surface area contributed by atoms with Crippen molar-refractivity contribution in [2.45, 2.75) is 40.0 Å². The molecule has 0 heterocycles. The summed E-state index contributed by atoms with van der Waals surface area (Å²) in [6.45, 7) is 5.12. The SMILES string of the molecule is C/C(CCCC(C)(C)C(=O)O)=N\NC(N)=O. The molecule has 6 nitrogen and oxygen atoms in total. The number of hydrogen-bond acceptors (Lipinski definition) is 3. The van der Waals surface area contributed by atoms with Crippen molar-refractivity contribution in [1.29, 1.82) is 0 Å². The summed E-state index contributed by atoms with van der Waals surface area (Å²) in [4.78, 5) is 21.2. The highest BCUT2D eigenvalue weighted by atomic mass is 16.4. The zero-order chi connectivity index (χ0) is 12.8. The van der Waals surface area contributed by atoms with Gasteiger partial charge in [-0.05, 0) is 40.0 Å². The molecule has 2 amide bonds. The Morgan fingerprint density at radius 3 is 2.44 bits per heavy atom. The lowest BCUT2D eigenvalue weighted by Crippen LogP contribution is -2.26. The minimum absolute atomic E-state index is 0.561. The lowest BCUT2D eigenvalue weighted by molar-refractivity contribution is -0.147. The fraction of sp³-hybridized carbons (Fsp3) is 0.700. The Hall–Kier alpha value is -1.59. The van der Waals surface area contributed by atoms with Crippen molar-refractivity contribution in [2.75, 3.05) is 0 Å². The maximum absolute atomic E-state index is 10.8. The largest absolute Gasteiger partial charge is 0.481 e. The van der Waals surface area contributed by atoms with Gasteiger partial charge in [0.25, 0.3) is 0 Å². The van der Waals surface area contributed by atoms with Crippen LogP contribution in [0.5, 0.6) is 0 Å². The highest BCUT2D eigenvalue weighted by molar-refractivity contribution is 5.83. The van der Waals surface area contributed by atoms with Gasteiger partial charge in [-0.3, -0.25) is 4.79 Å². The van der Waals surface area contributed by atoms with E-state index in [2.05, 4.69) is 10.5 Å². The van der Waals surface area contributed by atoms with Crippen LogP contribution >= 0.6 is 0 Å². The lowest BCUT2D eigenvalue weighted by Gasteiger charge is -2.18. The molecule has 0 aliphatic heterocycles. The van der Waals surface area contributed by atoms with E-state index in [1.165, 1.54) is 0 Å². The number of carbonyl (C=O) groups is 2. The van der Waals surface area contributed by atoms with Crippen molar-refractivity contribution >= 4 is 17.7 Å². The fourth-order valence-corrected chi connectivity index (χ4v) is 1.10. The molecule has 0 saturated carbocycles. The Morgan fingerprint density at radius 2 is 2.00 bits per heavy atom. The van der Waals surface area contributed by atoms with Crippen molar-refractivity contribution in [3.8, 4) is 0 Å². The van der Waals surface area contributed by atoms with Crippen LogP contribution in [0.4, 0.5) is 4.79 Å². The molecule has 0 bridgehead atoms. The molecule has 0 spiro atoms. The smallest absolute Gasteiger partial charge is 0.332 e. The number of primary amides is 1. The summed E-state index contributed by atoms with van der Waals surface area (Å²) in [6.07, 6.45) is 1.90. The maximum atomic E-state index is 10.8. The number of carboxylic acid groups (broad SMARTS) is 1. The molecular formula is C10H19N3O3. The zero-order valence-corrected chi connectivity index (χ0v) is 9.91. The predicted molar refractivity (Wildman–Crippen MR) is 61.1 cm³/mol. The van der Waals surface area contributed by atoms with Gasteiger partial charge < -0.3 is 10.8 Å². The Morgan fingerprint density at radius 1 is 1.44 bits per heavy atom. The fourth-order valence-electron chi connectivity index (χ4n) is 1.10. The van der Waals surface area contributed by atoms with Crippen molar-refractivity contribution in [3.05, 3.63) is 0 Å². The maximum Gasteiger partial charge on any atom is 0.332 e. The number of hydrazone groups is 1. The van der Waals surface area contributed by atoms with Crippen LogP contribution in [0.15, 0.2) is 5.10 Å². The molecule has 0 unspecified atom stereocenters. The van der Waals surface area contributed by atoms with E-state index < -0.39 is 17.4 Å². The van der Waals surface area contributed by atoms with Crippen molar-refractivity contribution in [1.82, 2.24) is 5.43 Å². The first-order valence-corrected chi connectivity index (χ1v) is 5.07. The number of amides is 2. The molecule has 0 aliphatic carbocycles. The van der Waals surface area contributed by atoms with E-state index in [0.717, 1.165) is 5.71 Å². The first kappa shape index (κ1) is 14.4. The van der Waals surface area contributed by atoms with Gasteiger partial charge in [0.05, 0.1) is 5.41 Å². The van der Waals surface area contributed by atoms with Crippen LogP contribution in [0.3, 0.4) is 0 Å². The molecule has 16 heavy (non-hydrogen) atoms. The van der Waals surface area contributed by atoms with Gasteiger partial charge in [-0.25, -0.2) is 10.2 Å². The molecule has 0 aromatic rings. The van der Waals surface area contributed by atoms with Gasteiger partial charge in [0.1, 0.15) is 0 Å². The standard InChI is InChI=1S/C10H19N3O3/c1-7(12-13-9(11)16)5-4-6-10(2,3)8(14)15/h4-6H2,1-3H3,(H,14,15)(H3,11,13,16)/b12-7+. The Bertz CT molecular complexity index is 298. The first-order valence-electron chi connectivity index (χ1n) is 5.07. The first-order chi connectivity index (χ1) is 7.25. The third-order valence-corrected chi connectivity index (χ3v) is 2.28. The Kier molecular flexibility index (Phi) is 5.49. The van der Waals surface area contributed by atoms with E-state index >= 15 is 0 Å². The molecule has 0 fully saturated rings. The molecule has 0 rings (SSSR count). The normalized spacial score (nSPS) is 12.3. The van der Waals surface area contributed by atoms with Crippen LogP contribution in [-0.4, -0.2) is 22.8 Å². The number of nitrogens with zero attached hydrogens (tertiary/aromatic N) is 1. The van der Waals surface area contributed by atoms with Gasteiger partial charge in [-0.2, -0.15) is 5.10 Å². The monoisotopic (exact) mass is 229 g/mol. The summed E-state index contributed by atoms with van der Waals surface area (Å²) < 4.78 is 0. The number of hydrogen-bond donors (Lipinski definition) is 3. The van der Waals surface area contributed by atoms with Crippen LogP contribution in [-0.2, 0) is 4.79 Å². The third kappa shape index (κ3) is 6.00. The van der Waals surface area contributed by atoms with E-state index in [9.17, 15) is 9.59 Å². The second-order valence-corrected chi connectivity index (χ2v) is 4.37. The number of carboxylic acids is 1. The predicted octanol–water partition coefficient (Wildman–Crippen LogP) is 1.31. The van der Waals surface area contributed by atoms with Crippen molar-refractivity contribution in [3.63, 3.8) is 0 Å². The lowest BCUT2D eigenvalue weighted by atomic mass is 9.87. The minimum Gasteiger partial charge on any atom is -0.481 e. The summed E-state index contributed by atoms with van der Waals surface area (Å²) in [7, 11) is 0. The van der Waals surface area contributed by atoms with Gasteiger partial charge >= 0.3 is 12.0 Å². The van der Waals surface area contributed by atoms with Crippen LogP contribution in [0.2, 0.25) is 0 Å². The zero-order valence-electron chi connectivity index (χ0n) is 9.91. The molecule has 0 radical (unpaired) electrons. The quantitative estimate of drug-likeness (QED) is 0.472. The number of rotatable bonds is 6. The second kappa shape index (κ2) is 6.09. The number of nitrogens with one attached hydrogen (secondary N) is 1. The summed E-state index contributed by atoms with van der Waals surface area (Å²) in [5.41, 5.74) is 6.97. The topological polar surface area (TPSA) is 105 Å². The minimum atomic E-state index is -0.808. The van der Waals surface area contributed by atoms with Gasteiger partial charge in [0.2, 0.25) is 0 Å². The number of nitrogens with two attached hydrogens (primary N) is 1. The van der Waals surface area contributed by atoms with Crippen LogP contribution in [0, 0.1) is 5.41 Å². The molecule has 0 atom stereocenters. The van der Waals surface area contributed by atoms with Crippen molar-refractivity contribution < 1.29 is 14.7 Å². The molecule has 0 saturated heterocycles. The Labute approximate surface area is 94.9 Å². The van der Waals surface area contributed by atoms with E-state index in [0.29, 0.717) is 19.3 Å². The van der Waals surface area contributed by atoms with Gasteiger partial charge in [-0.1, -0.05) is 0 Å². The molecule has 6 heteroatoms. The van der Waals surface area contributed by atoms with Gasteiger partial charge in [0, 0.05) is 5.71 Å². The molecule has 0 aliphatic rings. The van der Waals surface area contributed by atoms with Gasteiger partial charge in [-0.15, -0.1) is 0 Å². The average molecular weight is 229 g/mol. The molecule has 92 valence electrons. The third-order valence-electron chi connectivity index (χ3n) is 2.28. The highest BCUT2D eigenvalue weighted by Crippen LogP contribution is 2.23. The summed E-state index contributed by atoms with van der Waals surface area (Å²) in [6, 6.07) is -0.704. The Balaban J connectivity index is 3.95.